The lowest BCUT2D eigenvalue weighted by molar-refractivity contribution is -0.137. The minimum atomic E-state index is -4.61. The second-order valence-electron chi connectivity index (χ2n) is 9.15. The maximum absolute atomic E-state index is 13.5. The third-order valence-corrected chi connectivity index (χ3v) is 7.11. The van der Waals surface area contributed by atoms with Crippen LogP contribution in [-0.2, 0) is 21.3 Å². The number of piperazine rings is 1. The summed E-state index contributed by atoms with van der Waals surface area (Å²) in [7, 11) is 0. The molecule has 2 aromatic rings. The highest BCUT2D eigenvalue weighted by molar-refractivity contribution is 6.31. The van der Waals surface area contributed by atoms with E-state index in [1.165, 1.54) is 19.1 Å². The predicted molar refractivity (Wildman–Crippen MR) is 128 cm³/mol. The maximum Gasteiger partial charge on any atom is 0.417 e. The van der Waals surface area contributed by atoms with Crippen LogP contribution in [-0.4, -0.2) is 77.4 Å². The minimum absolute atomic E-state index is 0.0390. The van der Waals surface area contributed by atoms with Gasteiger partial charge in [0.05, 0.1) is 22.7 Å². The number of piperidine rings is 1. The summed E-state index contributed by atoms with van der Waals surface area (Å²) < 4.78 is 40.4. The number of nitrogens with one attached hydrogen (secondary N) is 1. The van der Waals surface area contributed by atoms with Crippen molar-refractivity contribution in [1.82, 2.24) is 25.1 Å². The fourth-order valence-electron chi connectivity index (χ4n) is 4.85. The van der Waals surface area contributed by atoms with Gasteiger partial charge in [-0.05, 0) is 36.6 Å². The molecule has 0 radical (unpaired) electrons. The van der Waals surface area contributed by atoms with Crippen LogP contribution < -0.4 is 10.2 Å². The van der Waals surface area contributed by atoms with Crippen LogP contribution in [0, 0.1) is 0 Å². The molecule has 194 valence electrons. The highest BCUT2D eigenvalue weighted by Gasteiger charge is 2.41. The molecule has 2 saturated heterocycles. The standard InChI is InChI=1S/C24H28ClF3N6O2/c1-17(35)31-23(18-3-4-20(25)19(15-18)24(26,27)28)5-9-33(10-6-23)21(36)16-32-11-13-34(14-12-32)22-29-7-2-8-30-22/h2-4,7-8,15H,5-6,9-14,16H2,1H3,(H,31,35). The molecular formula is C24H28ClF3N6O2. The Balaban J connectivity index is 1.38. The van der Waals surface area contributed by atoms with E-state index in [-0.39, 0.29) is 18.4 Å². The van der Waals surface area contributed by atoms with Gasteiger partial charge in [0.1, 0.15) is 0 Å². The van der Waals surface area contributed by atoms with Gasteiger partial charge in [0.15, 0.2) is 0 Å². The van der Waals surface area contributed by atoms with E-state index in [2.05, 4.69) is 25.1 Å². The Bertz CT molecular complexity index is 1090. The average Bonchev–Trinajstić information content (AvgIpc) is 2.84. The molecule has 8 nitrogen and oxygen atoms in total. The van der Waals surface area contributed by atoms with E-state index in [1.54, 1.807) is 23.4 Å². The van der Waals surface area contributed by atoms with Crippen LogP contribution in [0.25, 0.3) is 0 Å². The molecule has 1 aromatic heterocycles. The Kier molecular flexibility index (Phi) is 7.70. The first-order chi connectivity index (χ1) is 17.1. The van der Waals surface area contributed by atoms with Gasteiger partial charge in [0.25, 0.3) is 0 Å². The normalized spacial score (nSPS) is 18.7. The fourth-order valence-corrected chi connectivity index (χ4v) is 5.08. The average molecular weight is 525 g/mol. The Labute approximate surface area is 212 Å². The summed E-state index contributed by atoms with van der Waals surface area (Å²) in [4.78, 5) is 39.4. The van der Waals surface area contributed by atoms with Crippen molar-refractivity contribution in [2.45, 2.75) is 31.5 Å². The first-order valence-electron chi connectivity index (χ1n) is 11.8. The second kappa shape index (κ2) is 10.6. The predicted octanol–water partition coefficient (Wildman–Crippen LogP) is 2.92. The van der Waals surface area contributed by atoms with Gasteiger partial charge in [-0.1, -0.05) is 17.7 Å². The monoisotopic (exact) mass is 524 g/mol. The molecule has 0 saturated carbocycles. The third kappa shape index (κ3) is 5.89. The molecule has 2 amide bonds. The molecule has 36 heavy (non-hydrogen) atoms. The number of likely N-dealkylation sites (tertiary alicyclic amines) is 1. The lowest BCUT2D eigenvalue weighted by Gasteiger charge is -2.43. The largest absolute Gasteiger partial charge is 0.417 e. The number of carbonyl (C=O) groups excluding carboxylic acids is 2. The molecular weight excluding hydrogens is 497 g/mol. The summed E-state index contributed by atoms with van der Waals surface area (Å²) in [6.07, 6.45) is -0.613. The number of amides is 2. The number of carbonyl (C=O) groups is 2. The first kappa shape index (κ1) is 26.2. The molecule has 0 atom stereocenters. The van der Waals surface area contributed by atoms with Crippen LogP contribution in [0.2, 0.25) is 5.02 Å². The number of alkyl halides is 3. The number of rotatable bonds is 5. The number of anilines is 1. The lowest BCUT2D eigenvalue weighted by atomic mass is 9.80. The zero-order valence-electron chi connectivity index (χ0n) is 19.9. The van der Waals surface area contributed by atoms with Crippen LogP contribution in [0.4, 0.5) is 19.1 Å². The SMILES string of the molecule is CC(=O)NC1(c2ccc(Cl)c(C(F)(F)F)c2)CCN(C(=O)CN2CCN(c3ncccn3)CC2)CC1. The summed E-state index contributed by atoms with van der Waals surface area (Å²) in [5, 5.41) is 2.46. The third-order valence-electron chi connectivity index (χ3n) is 6.78. The Morgan fingerprint density at radius 1 is 1.06 bits per heavy atom. The first-order valence-corrected chi connectivity index (χ1v) is 12.1. The molecule has 1 aromatic carbocycles. The Morgan fingerprint density at radius 2 is 1.69 bits per heavy atom. The number of hydrogen-bond acceptors (Lipinski definition) is 6. The highest BCUT2D eigenvalue weighted by atomic mass is 35.5. The van der Waals surface area contributed by atoms with E-state index < -0.39 is 22.3 Å². The van der Waals surface area contributed by atoms with E-state index in [1.807, 2.05) is 0 Å². The van der Waals surface area contributed by atoms with Gasteiger partial charge in [-0.2, -0.15) is 13.2 Å². The minimum Gasteiger partial charge on any atom is -0.347 e. The molecule has 0 bridgehead atoms. The molecule has 2 aliphatic heterocycles. The zero-order valence-corrected chi connectivity index (χ0v) is 20.6. The smallest absolute Gasteiger partial charge is 0.347 e. The molecule has 12 heteroatoms. The van der Waals surface area contributed by atoms with Gasteiger partial charge in [0, 0.05) is 58.6 Å². The van der Waals surface area contributed by atoms with Gasteiger partial charge in [-0.25, -0.2) is 9.97 Å². The number of benzene rings is 1. The molecule has 0 unspecified atom stereocenters. The van der Waals surface area contributed by atoms with E-state index in [4.69, 9.17) is 11.6 Å². The van der Waals surface area contributed by atoms with Gasteiger partial charge in [0.2, 0.25) is 17.8 Å². The quantitative estimate of drug-likeness (QED) is 0.648. The Hall–Kier alpha value is -2.92. The molecule has 0 aliphatic carbocycles. The molecule has 0 spiro atoms. The molecule has 2 fully saturated rings. The lowest BCUT2D eigenvalue weighted by Crippen LogP contribution is -2.56. The van der Waals surface area contributed by atoms with Crippen molar-refractivity contribution in [3.05, 3.63) is 52.8 Å². The van der Waals surface area contributed by atoms with Crippen LogP contribution in [0.15, 0.2) is 36.7 Å². The van der Waals surface area contributed by atoms with Gasteiger partial charge in [-0.3, -0.25) is 14.5 Å². The topological polar surface area (TPSA) is 81.7 Å². The van der Waals surface area contributed by atoms with Crippen LogP contribution in [0.5, 0.6) is 0 Å². The highest BCUT2D eigenvalue weighted by Crippen LogP contribution is 2.40. The van der Waals surface area contributed by atoms with Crippen molar-refractivity contribution >= 4 is 29.4 Å². The Morgan fingerprint density at radius 3 is 2.28 bits per heavy atom. The second-order valence-corrected chi connectivity index (χ2v) is 9.56. The summed E-state index contributed by atoms with van der Waals surface area (Å²) >= 11 is 5.80. The fraction of sp³-hybridized carbons (Fsp3) is 0.500. The van der Waals surface area contributed by atoms with Crippen molar-refractivity contribution in [3.63, 3.8) is 0 Å². The van der Waals surface area contributed by atoms with E-state index in [0.29, 0.717) is 63.6 Å². The van der Waals surface area contributed by atoms with Crippen molar-refractivity contribution < 1.29 is 22.8 Å². The van der Waals surface area contributed by atoms with Crippen LogP contribution in [0.1, 0.15) is 30.9 Å². The molecule has 1 N–H and O–H groups in total. The van der Waals surface area contributed by atoms with Crippen molar-refractivity contribution in [2.75, 3.05) is 50.7 Å². The van der Waals surface area contributed by atoms with Gasteiger partial charge in [-0.15, -0.1) is 0 Å². The summed E-state index contributed by atoms with van der Waals surface area (Å²) in [6, 6.07) is 5.49. The van der Waals surface area contributed by atoms with Crippen molar-refractivity contribution in [2.24, 2.45) is 0 Å². The van der Waals surface area contributed by atoms with Crippen LogP contribution >= 0.6 is 11.6 Å². The van der Waals surface area contributed by atoms with Gasteiger partial charge >= 0.3 is 6.18 Å². The summed E-state index contributed by atoms with van der Waals surface area (Å²) in [5.74, 6) is 0.283. The number of halogens is 4. The molecule has 2 aliphatic rings. The van der Waals surface area contributed by atoms with Crippen molar-refractivity contribution in [1.29, 1.82) is 0 Å². The molecule has 4 rings (SSSR count). The van der Waals surface area contributed by atoms with E-state index >= 15 is 0 Å². The number of hydrogen-bond donors (Lipinski definition) is 1. The van der Waals surface area contributed by atoms with Crippen molar-refractivity contribution in [3.8, 4) is 0 Å². The maximum atomic E-state index is 13.5. The van der Waals surface area contributed by atoms with E-state index in [9.17, 15) is 22.8 Å². The van der Waals surface area contributed by atoms with Crippen LogP contribution in [0.3, 0.4) is 0 Å². The van der Waals surface area contributed by atoms with Gasteiger partial charge < -0.3 is 15.1 Å². The number of nitrogens with zero attached hydrogens (tertiary/aromatic N) is 5. The number of aromatic nitrogens is 2. The molecule has 3 heterocycles. The summed E-state index contributed by atoms with van der Waals surface area (Å²) in [5.41, 5.74) is -1.61. The summed E-state index contributed by atoms with van der Waals surface area (Å²) in [6.45, 7) is 5.04. The van der Waals surface area contributed by atoms with E-state index in [0.717, 1.165) is 6.07 Å². The zero-order chi connectivity index (χ0) is 25.9.